The van der Waals surface area contributed by atoms with E-state index in [1.54, 1.807) is 13.0 Å². The van der Waals surface area contributed by atoms with Gasteiger partial charge in [0.2, 0.25) is 0 Å². The van der Waals surface area contributed by atoms with Crippen LogP contribution in [0.3, 0.4) is 0 Å². The zero-order valence-electron chi connectivity index (χ0n) is 11.7. The fraction of sp³-hybridized carbons (Fsp3) is 0.600. The second kappa shape index (κ2) is 5.48. The number of carbonyl (C=O) groups is 1. The van der Waals surface area contributed by atoms with E-state index in [2.05, 4.69) is 23.0 Å². The molecule has 0 spiro atoms. The number of aromatic nitrogens is 2. The molecule has 1 aromatic rings. The molecular formula is C15H19N3O. The Labute approximate surface area is 113 Å². The highest BCUT2D eigenvalue weighted by molar-refractivity contribution is 5.88. The molecule has 0 saturated heterocycles. The molecule has 0 amide bonds. The van der Waals surface area contributed by atoms with Gasteiger partial charge in [-0.1, -0.05) is 6.92 Å². The Kier molecular flexibility index (Phi) is 3.94. The van der Waals surface area contributed by atoms with Crippen molar-refractivity contribution in [2.75, 3.05) is 0 Å². The first kappa shape index (κ1) is 13.7. The minimum Gasteiger partial charge on any atom is -0.298 e. The quantitative estimate of drug-likeness (QED) is 0.813. The Balaban J connectivity index is 2.14. The first-order chi connectivity index (χ1) is 9.01. The summed E-state index contributed by atoms with van der Waals surface area (Å²) in [6.07, 6.45) is 2.92. The molecule has 0 bridgehead atoms. The van der Waals surface area contributed by atoms with E-state index < -0.39 is 5.92 Å². The number of nitriles is 1. The van der Waals surface area contributed by atoms with Crippen LogP contribution in [0.4, 0.5) is 0 Å². The lowest BCUT2D eigenvalue weighted by atomic mass is 9.91. The molecule has 0 radical (unpaired) electrons. The summed E-state index contributed by atoms with van der Waals surface area (Å²) in [5.41, 5.74) is 1.34. The van der Waals surface area contributed by atoms with E-state index >= 15 is 0 Å². The third-order valence-corrected chi connectivity index (χ3v) is 3.68. The molecule has 19 heavy (non-hydrogen) atoms. The summed E-state index contributed by atoms with van der Waals surface area (Å²) in [5, 5.41) is 9.27. The fourth-order valence-corrected chi connectivity index (χ4v) is 2.46. The van der Waals surface area contributed by atoms with Gasteiger partial charge >= 0.3 is 0 Å². The topological polar surface area (TPSA) is 66.6 Å². The lowest BCUT2D eigenvalue weighted by Crippen LogP contribution is -2.17. The van der Waals surface area contributed by atoms with E-state index in [9.17, 15) is 10.1 Å². The number of carbonyl (C=O) groups excluding carboxylic acids is 1. The van der Waals surface area contributed by atoms with Gasteiger partial charge in [-0.3, -0.25) is 4.79 Å². The van der Waals surface area contributed by atoms with Crippen LogP contribution in [0.25, 0.3) is 0 Å². The minimum atomic E-state index is -0.749. The van der Waals surface area contributed by atoms with Crippen molar-refractivity contribution in [3.63, 3.8) is 0 Å². The van der Waals surface area contributed by atoms with Crippen molar-refractivity contribution < 1.29 is 4.79 Å². The Bertz CT molecular complexity index is 508. The van der Waals surface area contributed by atoms with Crippen LogP contribution in [-0.2, 0) is 4.79 Å². The van der Waals surface area contributed by atoms with Gasteiger partial charge in [0.1, 0.15) is 11.7 Å². The van der Waals surface area contributed by atoms with Gasteiger partial charge in [0, 0.05) is 12.1 Å². The Morgan fingerprint density at radius 1 is 1.47 bits per heavy atom. The van der Waals surface area contributed by atoms with E-state index in [4.69, 9.17) is 0 Å². The molecule has 0 aliphatic heterocycles. The van der Waals surface area contributed by atoms with Crippen molar-refractivity contribution >= 4 is 5.78 Å². The first-order valence-electron chi connectivity index (χ1n) is 6.75. The van der Waals surface area contributed by atoms with Gasteiger partial charge in [0.25, 0.3) is 0 Å². The van der Waals surface area contributed by atoms with Gasteiger partial charge in [-0.2, -0.15) is 5.26 Å². The second-order valence-corrected chi connectivity index (χ2v) is 5.53. The van der Waals surface area contributed by atoms with Gasteiger partial charge in [-0.05, 0) is 44.6 Å². The molecule has 4 heteroatoms. The highest BCUT2D eigenvalue weighted by Crippen LogP contribution is 2.39. The van der Waals surface area contributed by atoms with Crippen molar-refractivity contribution in [1.82, 2.24) is 9.97 Å². The molecule has 1 heterocycles. The fourth-order valence-electron chi connectivity index (χ4n) is 2.46. The second-order valence-electron chi connectivity index (χ2n) is 5.53. The third-order valence-electron chi connectivity index (χ3n) is 3.68. The summed E-state index contributed by atoms with van der Waals surface area (Å²) >= 11 is 0. The van der Waals surface area contributed by atoms with Gasteiger partial charge in [0.15, 0.2) is 5.78 Å². The van der Waals surface area contributed by atoms with Crippen molar-refractivity contribution in [3.05, 3.63) is 23.3 Å². The third kappa shape index (κ3) is 3.37. The van der Waals surface area contributed by atoms with E-state index in [-0.39, 0.29) is 5.78 Å². The van der Waals surface area contributed by atoms with Crippen molar-refractivity contribution in [1.29, 1.82) is 5.26 Å². The van der Waals surface area contributed by atoms with Crippen LogP contribution in [-0.4, -0.2) is 15.8 Å². The Morgan fingerprint density at radius 2 is 2.16 bits per heavy atom. The molecule has 1 aliphatic carbocycles. The minimum absolute atomic E-state index is 0.0144. The standard InChI is InChI=1S/C15H19N3O/c1-9(12-4-5-12)6-15(19)13(8-16)14-7-10(2)17-11(3)18-14/h7,9,12-13H,4-6H2,1-3H3/t9-,13+/m1/s1. The summed E-state index contributed by atoms with van der Waals surface area (Å²) in [6, 6.07) is 3.83. The average Bonchev–Trinajstić information content (AvgIpc) is 3.11. The molecule has 0 N–H and O–H groups in total. The van der Waals surface area contributed by atoms with Crippen LogP contribution >= 0.6 is 0 Å². The van der Waals surface area contributed by atoms with E-state index in [0.29, 0.717) is 29.8 Å². The lowest BCUT2D eigenvalue weighted by Gasteiger charge is -2.13. The highest BCUT2D eigenvalue weighted by Gasteiger charge is 2.32. The highest BCUT2D eigenvalue weighted by atomic mass is 16.1. The SMILES string of the molecule is Cc1cc([C@H](C#N)C(=O)C[C@@H](C)C2CC2)nc(C)n1. The monoisotopic (exact) mass is 257 g/mol. The predicted molar refractivity (Wildman–Crippen MR) is 71.4 cm³/mol. The van der Waals surface area contributed by atoms with Crippen LogP contribution in [0.2, 0.25) is 0 Å². The van der Waals surface area contributed by atoms with E-state index in [0.717, 1.165) is 5.69 Å². The normalized spacial score (nSPS) is 17.6. The zero-order valence-corrected chi connectivity index (χ0v) is 11.7. The van der Waals surface area contributed by atoms with Crippen molar-refractivity contribution in [2.45, 2.75) is 46.0 Å². The van der Waals surface area contributed by atoms with Gasteiger partial charge in [0.05, 0.1) is 11.8 Å². The number of hydrogen-bond acceptors (Lipinski definition) is 4. The Morgan fingerprint density at radius 3 is 2.68 bits per heavy atom. The molecule has 1 aliphatic rings. The summed E-state index contributed by atoms with van der Waals surface area (Å²) in [7, 11) is 0. The van der Waals surface area contributed by atoms with E-state index in [1.807, 2.05) is 6.92 Å². The number of nitrogens with zero attached hydrogens (tertiary/aromatic N) is 3. The molecule has 1 saturated carbocycles. The average molecular weight is 257 g/mol. The molecule has 2 rings (SSSR count). The maximum absolute atomic E-state index is 12.3. The van der Waals surface area contributed by atoms with Gasteiger partial charge < -0.3 is 0 Å². The zero-order chi connectivity index (χ0) is 14.0. The molecule has 0 aromatic carbocycles. The molecule has 0 unspecified atom stereocenters. The summed E-state index contributed by atoms with van der Waals surface area (Å²) < 4.78 is 0. The van der Waals surface area contributed by atoms with E-state index in [1.165, 1.54) is 12.8 Å². The molecule has 2 atom stereocenters. The number of Topliss-reactive ketones (excluding diaryl/α,β-unsaturated/α-hetero) is 1. The van der Waals surface area contributed by atoms with Crippen LogP contribution in [0.1, 0.15) is 49.3 Å². The van der Waals surface area contributed by atoms with Crippen molar-refractivity contribution in [2.24, 2.45) is 11.8 Å². The van der Waals surface area contributed by atoms with Gasteiger partial charge in [-0.15, -0.1) is 0 Å². The largest absolute Gasteiger partial charge is 0.298 e. The first-order valence-corrected chi connectivity index (χ1v) is 6.75. The lowest BCUT2D eigenvalue weighted by molar-refractivity contribution is -0.120. The van der Waals surface area contributed by atoms with Gasteiger partial charge in [-0.25, -0.2) is 9.97 Å². The molecule has 1 fully saturated rings. The molecular weight excluding hydrogens is 238 g/mol. The summed E-state index contributed by atoms with van der Waals surface area (Å²) in [5.74, 6) is 0.906. The predicted octanol–water partition coefficient (Wildman–Crippen LogP) is 2.71. The maximum Gasteiger partial charge on any atom is 0.156 e. The Hall–Kier alpha value is -1.76. The number of rotatable bonds is 5. The molecule has 100 valence electrons. The molecule has 1 aromatic heterocycles. The van der Waals surface area contributed by atoms with Crippen molar-refractivity contribution in [3.8, 4) is 6.07 Å². The number of aryl methyl sites for hydroxylation is 2. The van der Waals surface area contributed by atoms with Crippen LogP contribution in [0.15, 0.2) is 6.07 Å². The number of hydrogen-bond donors (Lipinski definition) is 0. The smallest absolute Gasteiger partial charge is 0.156 e. The summed E-state index contributed by atoms with van der Waals surface area (Å²) in [4.78, 5) is 20.7. The maximum atomic E-state index is 12.3. The number of ketones is 1. The van der Waals surface area contributed by atoms with Crippen LogP contribution in [0.5, 0.6) is 0 Å². The summed E-state index contributed by atoms with van der Waals surface area (Å²) in [6.45, 7) is 5.73. The van der Waals surface area contributed by atoms with Crippen LogP contribution in [0, 0.1) is 37.0 Å². The molecule has 4 nitrogen and oxygen atoms in total. The van der Waals surface area contributed by atoms with Crippen LogP contribution < -0.4 is 0 Å².